The zero-order valence-corrected chi connectivity index (χ0v) is 22.2. The molecule has 0 aliphatic carbocycles. The van der Waals surface area contributed by atoms with Gasteiger partial charge in [0.2, 0.25) is 5.95 Å². The number of nitriles is 1. The molecule has 3 heterocycles. The first-order chi connectivity index (χ1) is 19.0. The number of anilines is 2. The highest BCUT2D eigenvalue weighted by Crippen LogP contribution is 2.34. The molecule has 0 bridgehead atoms. The van der Waals surface area contributed by atoms with E-state index in [0.717, 1.165) is 32.7 Å². The van der Waals surface area contributed by atoms with Gasteiger partial charge in [-0.1, -0.05) is 6.92 Å². The van der Waals surface area contributed by atoms with Crippen LogP contribution in [0.1, 0.15) is 12.5 Å². The molecule has 39 heavy (non-hydrogen) atoms. The van der Waals surface area contributed by atoms with Crippen LogP contribution in [-0.2, 0) is 0 Å². The summed E-state index contributed by atoms with van der Waals surface area (Å²) in [5, 5.41) is 13.3. The zero-order chi connectivity index (χ0) is 27.4. The number of aromatic nitrogens is 4. The maximum absolute atomic E-state index is 14.8. The first-order valence-electron chi connectivity index (χ1n) is 12.3. The molecule has 1 aliphatic rings. The number of hydrogen-bond donors (Lipinski definition) is 2. The van der Waals surface area contributed by atoms with Gasteiger partial charge in [-0.2, -0.15) is 5.26 Å². The average molecular weight is 548 g/mol. The molecule has 2 aromatic heterocycles. The van der Waals surface area contributed by atoms with Crippen molar-refractivity contribution in [1.82, 2.24) is 29.1 Å². The Morgan fingerprint density at radius 1 is 1.21 bits per heavy atom. The summed E-state index contributed by atoms with van der Waals surface area (Å²) in [5.74, 6) is -0.140. The lowest BCUT2D eigenvalue weighted by Crippen LogP contribution is -2.44. The lowest BCUT2D eigenvalue weighted by Gasteiger charge is -2.27. The molecule has 0 radical (unpaired) electrons. The minimum Gasteiger partial charge on any atom is -0.453 e. The number of halogens is 1. The fourth-order valence-electron chi connectivity index (χ4n) is 3.98. The van der Waals surface area contributed by atoms with Gasteiger partial charge in [0.1, 0.15) is 23.7 Å². The second kappa shape index (κ2) is 11.6. The Kier molecular flexibility index (Phi) is 7.87. The summed E-state index contributed by atoms with van der Waals surface area (Å²) >= 11 is 1.28. The minimum atomic E-state index is -0.698. The molecular weight excluding hydrogens is 521 g/mol. The third-order valence-electron chi connectivity index (χ3n) is 6.23. The lowest BCUT2D eigenvalue weighted by molar-refractivity contribution is 0.441. The lowest BCUT2D eigenvalue weighted by atomic mass is 10.1. The number of piperazine rings is 1. The third-order valence-corrected chi connectivity index (χ3v) is 7.11. The standard InChI is InChI=1S/C26H26FN9O2S/c1-3-34(2)39-33-23-7-5-21(27)24(20(23)13-28)38-18-4-6-22-19(12-18)25(37)36(16-32-22)17-14-30-26(31-15-17)35-10-8-29-9-11-35/h4-7,12,14-16,29,33H,3,8-11H2,1-2H3. The number of ether oxygens (including phenoxy) is 1. The van der Waals surface area contributed by atoms with Crippen LogP contribution in [0.4, 0.5) is 16.0 Å². The van der Waals surface area contributed by atoms with Crippen molar-refractivity contribution in [2.45, 2.75) is 6.92 Å². The molecule has 0 saturated carbocycles. The van der Waals surface area contributed by atoms with Crippen molar-refractivity contribution in [3.63, 3.8) is 0 Å². The molecule has 2 aromatic carbocycles. The third kappa shape index (κ3) is 5.63. The van der Waals surface area contributed by atoms with Gasteiger partial charge in [0.05, 0.1) is 34.7 Å². The largest absolute Gasteiger partial charge is 0.453 e. The maximum atomic E-state index is 14.8. The Bertz CT molecular complexity index is 1580. The Labute approximate surface area is 228 Å². The van der Waals surface area contributed by atoms with E-state index in [0.29, 0.717) is 22.8 Å². The molecule has 5 rings (SSSR count). The molecule has 1 aliphatic heterocycles. The number of benzene rings is 2. The maximum Gasteiger partial charge on any atom is 0.266 e. The molecular formula is C26H26FN9O2S. The van der Waals surface area contributed by atoms with E-state index in [9.17, 15) is 14.4 Å². The van der Waals surface area contributed by atoms with E-state index in [4.69, 9.17) is 4.74 Å². The number of rotatable bonds is 8. The van der Waals surface area contributed by atoms with Crippen molar-refractivity contribution in [2.75, 3.05) is 49.4 Å². The summed E-state index contributed by atoms with van der Waals surface area (Å²) < 4.78 is 26.9. The number of hydrogen-bond acceptors (Lipinski definition) is 11. The second-order valence-electron chi connectivity index (χ2n) is 8.73. The van der Waals surface area contributed by atoms with Crippen molar-refractivity contribution >= 4 is 34.7 Å². The quantitative estimate of drug-likeness (QED) is 0.316. The summed E-state index contributed by atoms with van der Waals surface area (Å²) in [7, 11) is 1.88. The first-order valence-corrected chi connectivity index (χ1v) is 13.1. The van der Waals surface area contributed by atoms with Gasteiger partial charge in [-0.05, 0) is 37.4 Å². The average Bonchev–Trinajstić information content (AvgIpc) is 2.98. The normalized spacial score (nSPS) is 13.5. The number of fused-ring (bicyclic) bond motifs is 1. The van der Waals surface area contributed by atoms with Crippen LogP contribution in [0.2, 0.25) is 0 Å². The van der Waals surface area contributed by atoms with Crippen LogP contribution in [0.3, 0.4) is 0 Å². The van der Waals surface area contributed by atoms with E-state index in [1.165, 1.54) is 41.2 Å². The van der Waals surface area contributed by atoms with E-state index in [1.54, 1.807) is 24.5 Å². The highest BCUT2D eigenvalue weighted by Gasteiger charge is 2.18. The van der Waals surface area contributed by atoms with Crippen LogP contribution in [0.25, 0.3) is 16.6 Å². The molecule has 2 N–H and O–H groups in total. The van der Waals surface area contributed by atoms with E-state index in [-0.39, 0.29) is 28.0 Å². The molecule has 0 unspecified atom stereocenters. The fourth-order valence-corrected chi connectivity index (χ4v) is 4.53. The Balaban J connectivity index is 1.45. The summed E-state index contributed by atoms with van der Waals surface area (Å²) in [5.41, 5.74) is 0.966. The summed E-state index contributed by atoms with van der Waals surface area (Å²) in [6.07, 6.45) is 4.59. The highest BCUT2D eigenvalue weighted by atomic mass is 32.2. The van der Waals surface area contributed by atoms with Gasteiger partial charge in [-0.15, -0.1) is 0 Å². The summed E-state index contributed by atoms with van der Waals surface area (Å²) in [4.78, 5) is 28.7. The van der Waals surface area contributed by atoms with Crippen LogP contribution in [0.15, 0.2) is 53.8 Å². The predicted octanol–water partition coefficient (Wildman–Crippen LogP) is 3.32. The molecule has 1 fully saturated rings. The van der Waals surface area contributed by atoms with E-state index >= 15 is 0 Å². The minimum absolute atomic E-state index is 0.0115. The Hall–Kier alpha value is -4.25. The SMILES string of the molecule is CCN(C)SNc1ccc(F)c(Oc2ccc3ncn(-c4cnc(N5CCNCC5)nc4)c(=O)c3c2)c1C#N. The first kappa shape index (κ1) is 26.4. The van der Waals surface area contributed by atoms with Crippen molar-refractivity contribution in [2.24, 2.45) is 0 Å². The van der Waals surface area contributed by atoms with E-state index in [2.05, 4.69) is 29.9 Å². The van der Waals surface area contributed by atoms with Crippen LogP contribution in [-0.4, -0.2) is 63.6 Å². The fraction of sp³-hybridized carbons (Fsp3) is 0.269. The topological polar surface area (TPSA) is 124 Å². The van der Waals surface area contributed by atoms with E-state index in [1.807, 2.05) is 24.3 Å². The summed E-state index contributed by atoms with van der Waals surface area (Å²) in [6, 6.07) is 9.39. The summed E-state index contributed by atoms with van der Waals surface area (Å²) in [6.45, 7) is 6.08. The van der Waals surface area contributed by atoms with Gasteiger partial charge in [0.25, 0.3) is 5.56 Å². The van der Waals surface area contributed by atoms with Gasteiger partial charge in [-0.25, -0.2) is 23.6 Å². The van der Waals surface area contributed by atoms with Gasteiger partial charge in [-0.3, -0.25) is 9.36 Å². The van der Waals surface area contributed by atoms with Crippen molar-refractivity contribution in [3.8, 4) is 23.3 Å². The van der Waals surface area contributed by atoms with Gasteiger partial charge in [0.15, 0.2) is 11.6 Å². The van der Waals surface area contributed by atoms with Gasteiger partial charge < -0.3 is 19.7 Å². The molecule has 200 valence electrons. The van der Waals surface area contributed by atoms with Crippen LogP contribution in [0.5, 0.6) is 11.5 Å². The Morgan fingerprint density at radius 2 is 1.97 bits per heavy atom. The second-order valence-corrected chi connectivity index (χ2v) is 9.74. The van der Waals surface area contributed by atoms with Gasteiger partial charge >= 0.3 is 0 Å². The van der Waals surface area contributed by atoms with E-state index < -0.39 is 5.82 Å². The number of nitrogens with one attached hydrogen (secondary N) is 2. The van der Waals surface area contributed by atoms with Crippen molar-refractivity contribution < 1.29 is 9.13 Å². The molecule has 11 nitrogen and oxygen atoms in total. The predicted molar refractivity (Wildman–Crippen MR) is 149 cm³/mol. The van der Waals surface area contributed by atoms with Crippen LogP contribution < -0.4 is 25.2 Å². The molecule has 4 aromatic rings. The molecule has 1 saturated heterocycles. The van der Waals surface area contributed by atoms with Crippen LogP contribution >= 0.6 is 12.1 Å². The van der Waals surface area contributed by atoms with Crippen molar-refractivity contribution in [1.29, 1.82) is 5.26 Å². The molecule has 0 atom stereocenters. The molecule has 0 amide bonds. The van der Waals surface area contributed by atoms with Gasteiger partial charge in [0, 0.05) is 44.9 Å². The Morgan fingerprint density at radius 3 is 2.69 bits per heavy atom. The van der Waals surface area contributed by atoms with Crippen LogP contribution in [0, 0.1) is 17.1 Å². The highest BCUT2D eigenvalue weighted by molar-refractivity contribution is 7.98. The molecule has 13 heteroatoms. The monoisotopic (exact) mass is 547 g/mol. The smallest absolute Gasteiger partial charge is 0.266 e. The van der Waals surface area contributed by atoms with Crippen molar-refractivity contribution in [3.05, 3.63) is 70.8 Å². The zero-order valence-electron chi connectivity index (χ0n) is 21.4. The molecule has 0 spiro atoms. The number of nitrogens with zero attached hydrogens (tertiary/aromatic N) is 7.